The van der Waals surface area contributed by atoms with Crippen LogP contribution in [0.3, 0.4) is 0 Å². The van der Waals surface area contributed by atoms with Crippen LogP contribution in [0.25, 0.3) is 0 Å². The topological polar surface area (TPSA) is 56.8 Å². The molecule has 1 aromatic carbocycles. The number of methoxy groups -OCH3 is 2. The molecule has 158 valence electrons. The molecule has 1 unspecified atom stereocenters. The number of ether oxygens (including phenoxy) is 3. The molecule has 1 amide bonds. The molecule has 0 saturated heterocycles. The highest BCUT2D eigenvalue weighted by Crippen LogP contribution is 2.31. The molecule has 1 aromatic rings. The Bertz CT molecular complexity index is 611. The van der Waals surface area contributed by atoms with Gasteiger partial charge in [-0.1, -0.05) is 39.0 Å². The Labute approximate surface area is 170 Å². The van der Waals surface area contributed by atoms with Gasteiger partial charge in [0.05, 0.1) is 20.3 Å². The van der Waals surface area contributed by atoms with Crippen LogP contribution in [0.4, 0.5) is 0 Å². The molecule has 1 aliphatic carbocycles. The van der Waals surface area contributed by atoms with Crippen LogP contribution in [0.15, 0.2) is 18.2 Å². The minimum absolute atomic E-state index is 0.0101. The fourth-order valence-electron chi connectivity index (χ4n) is 4.12. The molecule has 0 aliphatic heterocycles. The van der Waals surface area contributed by atoms with Gasteiger partial charge in [-0.05, 0) is 50.3 Å². The van der Waals surface area contributed by atoms with E-state index in [0.717, 1.165) is 23.5 Å². The van der Waals surface area contributed by atoms with Crippen LogP contribution >= 0.6 is 0 Å². The van der Waals surface area contributed by atoms with Gasteiger partial charge in [-0.3, -0.25) is 4.79 Å². The van der Waals surface area contributed by atoms with Crippen LogP contribution in [-0.4, -0.2) is 32.3 Å². The lowest BCUT2D eigenvalue weighted by Crippen LogP contribution is -2.42. The summed E-state index contributed by atoms with van der Waals surface area (Å²) in [5.41, 5.74) is 0.887. The minimum atomic E-state index is -0.432. The third kappa shape index (κ3) is 6.69. The van der Waals surface area contributed by atoms with Crippen molar-refractivity contribution in [2.75, 3.05) is 14.2 Å². The predicted molar refractivity (Wildman–Crippen MR) is 112 cm³/mol. The first-order valence-corrected chi connectivity index (χ1v) is 10.6. The lowest BCUT2D eigenvalue weighted by atomic mass is 9.81. The molecule has 1 N–H and O–H groups in total. The molecule has 5 nitrogen and oxygen atoms in total. The van der Waals surface area contributed by atoms with E-state index in [2.05, 4.69) is 12.2 Å². The second-order valence-corrected chi connectivity index (χ2v) is 8.22. The average molecular weight is 392 g/mol. The van der Waals surface area contributed by atoms with Crippen molar-refractivity contribution < 1.29 is 19.0 Å². The largest absolute Gasteiger partial charge is 0.497 e. The van der Waals surface area contributed by atoms with Gasteiger partial charge in [0.25, 0.3) is 0 Å². The van der Waals surface area contributed by atoms with Crippen LogP contribution < -0.4 is 14.8 Å². The van der Waals surface area contributed by atoms with Gasteiger partial charge in [0.15, 0.2) is 0 Å². The quantitative estimate of drug-likeness (QED) is 0.627. The summed E-state index contributed by atoms with van der Waals surface area (Å²) in [5.74, 6) is 2.33. The molecule has 0 bridgehead atoms. The Morgan fingerprint density at radius 3 is 2.43 bits per heavy atom. The standard InChI is InChI=1S/C23H37NO4/c1-16(2)28-22(17(3)13-18-9-7-6-8-10-18)23(25)24-15-19-14-20(26-4)11-12-21(19)27-5/h11-12,14,16-18,22H,6-10,13,15H2,1-5H3,(H,24,25)/t17-,22?/m1/s1. The minimum Gasteiger partial charge on any atom is -0.497 e. The number of amides is 1. The summed E-state index contributed by atoms with van der Waals surface area (Å²) in [4.78, 5) is 13.0. The third-order valence-electron chi connectivity index (χ3n) is 5.56. The highest BCUT2D eigenvalue weighted by molar-refractivity contribution is 5.81. The first-order chi connectivity index (χ1) is 13.4. The van der Waals surface area contributed by atoms with Gasteiger partial charge in [0, 0.05) is 12.1 Å². The molecule has 1 fully saturated rings. The first kappa shape index (κ1) is 22.5. The zero-order chi connectivity index (χ0) is 20.5. The Hall–Kier alpha value is -1.75. The summed E-state index contributed by atoms with van der Waals surface area (Å²) < 4.78 is 16.7. The van der Waals surface area contributed by atoms with E-state index in [1.807, 2.05) is 32.0 Å². The van der Waals surface area contributed by atoms with Gasteiger partial charge in [-0.2, -0.15) is 0 Å². The van der Waals surface area contributed by atoms with E-state index in [4.69, 9.17) is 14.2 Å². The molecule has 28 heavy (non-hydrogen) atoms. The smallest absolute Gasteiger partial charge is 0.249 e. The van der Waals surface area contributed by atoms with Crippen molar-refractivity contribution in [3.05, 3.63) is 23.8 Å². The van der Waals surface area contributed by atoms with Crippen molar-refractivity contribution in [3.63, 3.8) is 0 Å². The van der Waals surface area contributed by atoms with E-state index in [1.54, 1.807) is 14.2 Å². The number of hydrogen-bond acceptors (Lipinski definition) is 4. The zero-order valence-electron chi connectivity index (χ0n) is 18.1. The average Bonchev–Trinajstić information content (AvgIpc) is 2.70. The monoisotopic (exact) mass is 391 g/mol. The van der Waals surface area contributed by atoms with E-state index in [9.17, 15) is 4.79 Å². The second-order valence-electron chi connectivity index (χ2n) is 8.22. The summed E-state index contributed by atoms with van der Waals surface area (Å²) >= 11 is 0. The highest BCUT2D eigenvalue weighted by Gasteiger charge is 2.29. The summed E-state index contributed by atoms with van der Waals surface area (Å²) in [6.45, 7) is 6.50. The number of benzene rings is 1. The SMILES string of the molecule is COc1ccc(OC)c(CNC(=O)C(OC(C)C)[C@H](C)CC2CCCCC2)c1. The molecular formula is C23H37NO4. The van der Waals surface area contributed by atoms with Crippen molar-refractivity contribution in [1.82, 2.24) is 5.32 Å². The molecule has 1 saturated carbocycles. The van der Waals surface area contributed by atoms with Gasteiger partial charge >= 0.3 is 0 Å². The van der Waals surface area contributed by atoms with Crippen LogP contribution in [0, 0.1) is 11.8 Å². The normalized spacial score (nSPS) is 17.2. The molecule has 0 spiro atoms. The molecule has 1 aliphatic rings. The molecule has 2 atom stereocenters. The predicted octanol–water partition coefficient (Wildman–Crippen LogP) is 4.72. The van der Waals surface area contributed by atoms with Crippen LogP contribution in [0.1, 0.15) is 64.9 Å². The number of carbonyl (C=O) groups excluding carboxylic acids is 1. The molecule has 2 rings (SSSR count). The summed E-state index contributed by atoms with van der Waals surface area (Å²) in [6.07, 6.45) is 7.16. The van der Waals surface area contributed by atoms with E-state index >= 15 is 0 Å². The number of carbonyl (C=O) groups is 1. The number of rotatable bonds is 10. The van der Waals surface area contributed by atoms with Crippen molar-refractivity contribution in [2.45, 2.75) is 78.0 Å². The molecule has 5 heteroatoms. The second kappa shape index (κ2) is 11.3. The highest BCUT2D eigenvalue weighted by atomic mass is 16.5. The van der Waals surface area contributed by atoms with Crippen LogP contribution in [0.2, 0.25) is 0 Å². The van der Waals surface area contributed by atoms with E-state index < -0.39 is 6.10 Å². The summed E-state index contributed by atoms with van der Waals surface area (Å²) in [5, 5.41) is 3.05. The number of nitrogens with one attached hydrogen (secondary N) is 1. The zero-order valence-corrected chi connectivity index (χ0v) is 18.1. The van der Waals surface area contributed by atoms with Gasteiger partial charge in [0.1, 0.15) is 17.6 Å². The molecule has 0 aromatic heterocycles. The Kier molecular flexibility index (Phi) is 9.10. The summed E-state index contributed by atoms with van der Waals surface area (Å²) in [7, 11) is 3.26. The molecule has 0 radical (unpaired) electrons. The van der Waals surface area contributed by atoms with Gasteiger partial charge in [0.2, 0.25) is 5.91 Å². The Balaban J connectivity index is 2.01. The van der Waals surface area contributed by atoms with Crippen molar-refractivity contribution in [3.8, 4) is 11.5 Å². The number of hydrogen-bond donors (Lipinski definition) is 1. The maximum absolute atomic E-state index is 13.0. The van der Waals surface area contributed by atoms with E-state index in [0.29, 0.717) is 12.5 Å². The Morgan fingerprint density at radius 2 is 1.82 bits per heavy atom. The lowest BCUT2D eigenvalue weighted by molar-refractivity contribution is -0.140. The fourth-order valence-corrected chi connectivity index (χ4v) is 4.12. The fraction of sp³-hybridized carbons (Fsp3) is 0.696. The van der Waals surface area contributed by atoms with Gasteiger partial charge in [-0.15, -0.1) is 0 Å². The Morgan fingerprint density at radius 1 is 1.11 bits per heavy atom. The maximum atomic E-state index is 13.0. The van der Waals surface area contributed by atoms with E-state index in [-0.39, 0.29) is 17.9 Å². The van der Waals surface area contributed by atoms with Crippen LogP contribution in [0.5, 0.6) is 11.5 Å². The third-order valence-corrected chi connectivity index (χ3v) is 5.56. The molecule has 0 heterocycles. The van der Waals surface area contributed by atoms with Crippen molar-refractivity contribution in [2.24, 2.45) is 11.8 Å². The van der Waals surface area contributed by atoms with Crippen LogP contribution in [-0.2, 0) is 16.1 Å². The van der Waals surface area contributed by atoms with Crippen molar-refractivity contribution in [1.29, 1.82) is 0 Å². The van der Waals surface area contributed by atoms with Crippen molar-refractivity contribution >= 4 is 5.91 Å². The van der Waals surface area contributed by atoms with Gasteiger partial charge in [-0.25, -0.2) is 0 Å². The lowest BCUT2D eigenvalue weighted by Gasteiger charge is -2.30. The maximum Gasteiger partial charge on any atom is 0.249 e. The van der Waals surface area contributed by atoms with E-state index in [1.165, 1.54) is 32.1 Å². The first-order valence-electron chi connectivity index (χ1n) is 10.6. The summed E-state index contributed by atoms with van der Waals surface area (Å²) in [6, 6.07) is 5.60. The van der Waals surface area contributed by atoms with Gasteiger partial charge < -0.3 is 19.5 Å². The molecular weight excluding hydrogens is 354 g/mol.